The van der Waals surface area contributed by atoms with Crippen LogP contribution in [0.2, 0.25) is 0 Å². The van der Waals surface area contributed by atoms with Crippen molar-refractivity contribution in [3.63, 3.8) is 0 Å². The smallest absolute Gasteiger partial charge is 0.410 e. The van der Waals surface area contributed by atoms with Gasteiger partial charge in [-0.1, -0.05) is 12.1 Å². The number of carbonyl (C=O) groups excluding carboxylic acids is 3. The van der Waals surface area contributed by atoms with Crippen molar-refractivity contribution >= 4 is 18.1 Å². The van der Waals surface area contributed by atoms with E-state index in [1.54, 1.807) is 56.1 Å². The molecule has 4 rings (SSSR count). The Morgan fingerprint density at radius 1 is 1.02 bits per heavy atom. The van der Waals surface area contributed by atoms with E-state index < -0.39 is 35.6 Å². The number of hydrogen-bond acceptors (Lipinski definition) is 7. The first kappa shape index (κ1) is 32.9. The van der Waals surface area contributed by atoms with Crippen molar-refractivity contribution in [3.05, 3.63) is 47.9 Å². The first-order valence-corrected chi connectivity index (χ1v) is 15.1. The maximum absolute atomic E-state index is 15.3. The minimum Gasteiger partial charge on any atom is -0.474 e. The largest absolute Gasteiger partial charge is 0.474 e. The van der Waals surface area contributed by atoms with Crippen LogP contribution in [0.15, 0.2) is 36.5 Å². The fraction of sp³-hybridized carbons (Fsp3) is 0.562. The molecule has 0 spiro atoms. The molecule has 3 heterocycles. The summed E-state index contributed by atoms with van der Waals surface area (Å²) in [5, 5.41) is 2.55. The molecule has 0 radical (unpaired) electrons. The summed E-state index contributed by atoms with van der Waals surface area (Å²) in [5.74, 6) is -0.611. The first-order chi connectivity index (χ1) is 20.8. The van der Waals surface area contributed by atoms with E-state index in [4.69, 9.17) is 14.2 Å². The Balaban J connectivity index is 1.38. The number of carbonyl (C=O) groups is 3. The topological polar surface area (TPSA) is 110 Å². The Hall–Kier alpha value is -3.96. The molecule has 0 saturated carbocycles. The molecule has 0 aliphatic carbocycles. The number of benzene rings is 1. The van der Waals surface area contributed by atoms with E-state index in [1.807, 2.05) is 13.8 Å². The molecule has 1 aromatic heterocycles. The molecule has 1 unspecified atom stereocenters. The molecule has 12 heteroatoms. The molecule has 2 atom stereocenters. The summed E-state index contributed by atoms with van der Waals surface area (Å²) in [6.45, 7) is 9.95. The monoisotopic (exact) mass is 616 g/mol. The van der Waals surface area contributed by atoms with Gasteiger partial charge in [0.1, 0.15) is 29.7 Å². The van der Waals surface area contributed by atoms with Crippen LogP contribution in [0.5, 0.6) is 5.88 Å². The van der Waals surface area contributed by atoms with Crippen LogP contribution in [0.4, 0.5) is 18.4 Å². The number of alkyl carbamates (subject to hydrolysis) is 1. The number of nitrogens with one attached hydrogen (secondary N) is 1. The van der Waals surface area contributed by atoms with Gasteiger partial charge >= 0.3 is 12.2 Å². The van der Waals surface area contributed by atoms with E-state index in [1.165, 1.54) is 11.0 Å². The molecule has 3 amide bonds. The summed E-state index contributed by atoms with van der Waals surface area (Å²) in [5.41, 5.74) is 0.665. The van der Waals surface area contributed by atoms with Crippen LogP contribution in [0.25, 0.3) is 11.1 Å². The van der Waals surface area contributed by atoms with Gasteiger partial charge < -0.3 is 29.3 Å². The number of alkyl halides is 1. The molecule has 1 aromatic carbocycles. The highest BCUT2D eigenvalue weighted by atomic mass is 19.1. The van der Waals surface area contributed by atoms with E-state index in [0.717, 1.165) is 0 Å². The van der Waals surface area contributed by atoms with Crippen molar-refractivity contribution in [1.82, 2.24) is 20.1 Å². The lowest BCUT2D eigenvalue weighted by atomic mass is 10.00. The number of ether oxygens (including phenoxy) is 3. The molecule has 2 aromatic rings. The maximum Gasteiger partial charge on any atom is 0.410 e. The molecule has 2 aliphatic heterocycles. The second-order valence-electron chi connectivity index (χ2n) is 12.5. The summed E-state index contributed by atoms with van der Waals surface area (Å²) < 4.78 is 45.7. The molecule has 44 heavy (non-hydrogen) atoms. The van der Waals surface area contributed by atoms with Crippen molar-refractivity contribution in [2.24, 2.45) is 0 Å². The first-order valence-electron chi connectivity index (χ1n) is 15.1. The predicted octanol–water partition coefficient (Wildman–Crippen LogP) is 5.28. The van der Waals surface area contributed by atoms with E-state index in [2.05, 4.69) is 10.3 Å². The number of nitrogens with zero attached hydrogens (tertiary/aromatic N) is 3. The molecular weight excluding hydrogens is 574 g/mol. The number of halogens is 2. The molecule has 0 bridgehead atoms. The van der Waals surface area contributed by atoms with Crippen LogP contribution in [0.3, 0.4) is 0 Å². The molecule has 2 saturated heterocycles. The molecule has 10 nitrogen and oxygen atoms in total. The highest BCUT2D eigenvalue weighted by Gasteiger charge is 2.33. The number of likely N-dealkylation sites (tertiary alicyclic amines) is 2. The zero-order valence-corrected chi connectivity index (χ0v) is 26.0. The maximum atomic E-state index is 15.3. The van der Waals surface area contributed by atoms with Crippen molar-refractivity contribution in [1.29, 1.82) is 0 Å². The van der Waals surface area contributed by atoms with Gasteiger partial charge in [0.25, 0.3) is 0 Å². The van der Waals surface area contributed by atoms with Gasteiger partial charge in [-0.2, -0.15) is 0 Å². The number of pyridine rings is 1. The van der Waals surface area contributed by atoms with Crippen molar-refractivity contribution in [3.8, 4) is 17.0 Å². The fourth-order valence-corrected chi connectivity index (χ4v) is 5.12. The number of amides is 3. The average molecular weight is 617 g/mol. The van der Waals surface area contributed by atoms with Crippen molar-refractivity contribution in [2.45, 2.75) is 90.3 Å². The second-order valence-corrected chi connectivity index (χ2v) is 12.5. The minimum atomic E-state index is -1.13. The quantitative estimate of drug-likeness (QED) is 0.430. The average Bonchev–Trinajstić information content (AvgIpc) is 3.39. The summed E-state index contributed by atoms with van der Waals surface area (Å²) >= 11 is 0. The lowest BCUT2D eigenvalue weighted by molar-refractivity contribution is -0.132. The van der Waals surface area contributed by atoms with Gasteiger partial charge in [-0.05, 0) is 64.3 Å². The van der Waals surface area contributed by atoms with Gasteiger partial charge in [-0.25, -0.2) is 23.4 Å². The lowest BCUT2D eigenvalue weighted by Gasteiger charge is -2.31. The number of piperidine rings is 1. The summed E-state index contributed by atoms with van der Waals surface area (Å²) in [6.07, 6.45) is 0.484. The number of aromatic nitrogens is 1. The van der Waals surface area contributed by atoms with Gasteiger partial charge in [0.2, 0.25) is 11.8 Å². The van der Waals surface area contributed by atoms with Gasteiger partial charge in [0, 0.05) is 56.7 Å². The Kier molecular flexibility index (Phi) is 10.6. The standard InChI is InChI=1S/C32H42F2N4O6/c1-20(2)42-31(41)37-14-11-25(12-15-37)43-28-9-8-23(18-35-28)21-6-7-22(26(34)16-21)17-27(36-30(40)44-32(3,4)5)29(39)38-13-10-24(33)19-38/h6-9,16,18,20,24-25,27H,10-15,17,19H2,1-5H3,(H,36,40)/t24-,27?/m0/s1. The van der Waals surface area contributed by atoms with Gasteiger partial charge in [0.05, 0.1) is 12.6 Å². The van der Waals surface area contributed by atoms with E-state index in [-0.39, 0.29) is 49.8 Å². The van der Waals surface area contributed by atoms with Crippen LogP contribution in [0, 0.1) is 5.82 Å². The van der Waals surface area contributed by atoms with E-state index in [9.17, 15) is 18.8 Å². The third kappa shape index (κ3) is 9.27. The third-order valence-corrected chi connectivity index (χ3v) is 7.30. The third-order valence-electron chi connectivity index (χ3n) is 7.30. The Labute approximate surface area is 257 Å². The summed E-state index contributed by atoms with van der Waals surface area (Å²) in [6, 6.07) is 7.00. The fourth-order valence-electron chi connectivity index (χ4n) is 5.12. The molecule has 2 aliphatic rings. The molecule has 1 N–H and O–H groups in total. The van der Waals surface area contributed by atoms with Crippen LogP contribution < -0.4 is 10.1 Å². The van der Waals surface area contributed by atoms with Gasteiger partial charge in [-0.15, -0.1) is 0 Å². The normalized spacial score (nSPS) is 18.2. The van der Waals surface area contributed by atoms with Crippen LogP contribution >= 0.6 is 0 Å². The Morgan fingerprint density at radius 2 is 1.70 bits per heavy atom. The van der Waals surface area contributed by atoms with Crippen LogP contribution in [0.1, 0.15) is 59.4 Å². The van der Waals surface area contributed by atoms with Gasteiger partial charge in [-0.3, -0.25) is 4.79 Å². The molecule has 240 valence electrons. The van der Waals surface area contributed by atoms with E-state index in [0.29, 0.717) is 42.9 Å². The Bertz CT molecular complexity index is 1310. The SMILES string of the molecule is CC(C)OC(=O)N1CCC(Oc2ccc(-c3ccc(CC(NC(=O)OC(C)(C)C)C(=O)N4CC[C@H](F)C4)c(F)c3)cn2)CC1. The summed E-state index contributed by atoms with van der Waals surface area (Å²) in [4.78, 5) is 45.2. The highest BCUT2D eigenvalue weighted by Crippen LogP contribution is 2.26. The molecule has 2 fully saturated rings. The number of hydrogen-bond donors (Lipinski definition) is 1. The molecular formula is C32H42F2N4O6. The predicted molar refractivity (Wildman–Crippen MR) is 159 cm³/mol. The minimum absolute atomic E-state index is 0.0639. The van der Waals surface area contributed by atoms with Crippen LogP contribution in [-0.2, 0) is 20.7 Å². The van der Waals surface area contributed by atoms with E-state index >= 15 is 4.39 Å². The van der Waals surface area contributed by atoms with Gasteiger partial charge in [0.15, 0.2) is 0 Å². The second kappa shape index (κ2) is 14.2. The van der Waals surface area contributed by atoms with Crippen LogP contribution in [-0.4, -0.2) is 89.1 Å². The van der Waals surface area contributed by atoms with Crippen molar-refractivity contribution < 1.29 is 37.4 Å². The zero-order valence-electron chi connectivity index (χ0n) is 26.0. The Morgan fingerprint density at radius 3 is 2.27 bits per heavy atom. The summed E-state index contributed by atoms with van der Waals surface area (Å²) in [7, 11) is 0. The number of rotatable bonds is 8. The highest BCUT2D eigenvalue weighted by molar-refractivity contribution is 5.86. The lowest BCUT2D eigenvalue weighted by Crippen LogP contribution is -2.50. The zero-order chi connectivity index (χ0) is 32.0. The van der Waals surface area contributed by atoms with Crippen molar-refractivity contribution in [2.75, 3.05) is 26.2 Å².